The van der Waals surface area contributed by atoms with Crippen molar-refractivity contribution in [3.63, 3.8) is 0 Å². The number of hydrogen-bond acceptors (Lipinski definition) is 7. The van der Waals surface area contributed by atoms with Gasteiger partial charge in [0.2, 0.25) is 11.7 Å². The molecule has 4 rings (SSSR count). The van der Waals surface area contributed by atoms with Crippen LogP contribution < -0.4 is 19.8 Å². The number of methoxy groups -OCH3 is 3. The van der Waals surface area contributed by atoms with Gasteiger partial charge in [0.25, 0.3) is 0 Å². The van der Waals surface area contributed by atoms with E-state index in [-0.39, 0.29) is 18.4 Å². The molecule has 0 aliphatic carbocycles. The monoisotopic (exact) mass is 469 g/mol. The third-order valence-corrected chi connectivity index (χ3v) is 7.10. The molecule has 2 aromatic carbocycles. The lowest BCUT2D eigenvalue weighted by atomic mass is 10.0. The number of aryl methyl sites for hydroxylation is 1. The number of ether oxygens (including phenoxy) is 3. The van der Waals surface area contributed by atoms with E-state index >= 15 is 0 Å². The van der Waals surface area contributed by atoms with E-state index < -0.39 is 5.63 Å². The normalized spacial score (nSPS) is 16.0. The molecule has 0 unspecified atom stereocenters. The van der Waals surface area contributed by atoms with Crippen LogP contribution in [0.5, 0.6) is 17.2 Å². The van der Waals surface area contributed by atoms with Crippen molar-refractivity contribution in [2.75, 3.05) is 39.4 Å². The van der Waals surface area contributed by atoms with Crippen molar-refractivity contribution < 1.29 is 23.4 Å². The minimum atomic E-state index is -0.535. The maximum Gasteiger partial charge on any atom is 0.340 e. The fourth-order valence-corrected chi connectivity index (χ4v) is 5.32. The maximum absolute atomic E-state index is 13.4. The van der Waals surface area contributed by atoms with E-state index in [1.54, 1.807) is 13.2 Å². The summed E-state index contributed by atoms with van der Waals surface area (Å²) in [5.41, 5.74) is 1.91. The minimum Gasteiger partial charge on any atom is -0.497 e. The summed E-state index contributed by atoms with van der Waals surface area (Å²) in [6.45, 7) is 2.46. The summed E-state index contributed by atoms with van der Waals surface area (Å²) in [5.74, 6) is 3.19. The Hall–Kier alpha value is -3.13. The molecule has 0 spiro atoms. The molecular weight excluding hydrogens is 442 g/mol. The predicted molar refractivity (Wildman–Crippen MR) is 129 cm³/mol. The molecule has 7 nitrogen and oxygen atoms in total. The van der Waals surface area contributed by atoms with Crippen LogP contribution in [-0.4, -0.2) is 50.2 Å². The van der Waals surface area contributed by atoms with Crippen molar-refractivity contribution in [1.82, 2.24) is 4.90 Å². The second-order valence-corrected chi connectivity index (χ2v) is 8.95. The average molecular weight is 470 g/mol. The molecule has 0 N–H and O–H groups in total. The van der Waals surface area contributed by atoms with Gasteiger partial charge in [0.05, 0.1) is 39.4 Å². The third-order valence-electron chi connectivity index (χ3n) is 6.08. The molecule has 1 aliphatic heterocycles. The largest absolute Gasteiger partial charge is 0.497 e. The molecule has 3 aromatic rings. The SMILES string of the molecule is COc1ccc([C@H]2CSCCN2C(=O)Cc2c(C)c3ccc(OC)c(OC)c3oc2=O)cc1. The van der Waals surface area contributed by atoms with E-state index in [2.05, 4.69) is 0 Å². The van der Waals surface area contributed by atoms with Gasteiger partial charge in [0.15, 0.2) is 11.3 Å². The molecule has 1 saturated heterocycles. The molecule has 1 fully saturated rings. The zero-order valence-corrected chi connectivity index (χ0v) is 20.0. The van der Waals surface area contributed by atoms with E-state index in [0.717, 1.165) is 28.2 Å². The Morgan fingerprint density at radius 1 is 1.09 bits per heavy atom. The summed E-state index contributed by atoms with van der Waals surface area (Å²) >= 11 is 1.82. The van der Waals surface area contributed by atoms with Gasteiger partial charge in [-0.15, -0.1) is 0 Å². The molecule has 1 atom stereocenters. The number of rotatable bonds is 6. The number of benzene rings is 2. The van der Waals surface area contributed by atoms with Gasteiger partial charge in [0, 0.05) is 23.4 Å². The van der Waals surface area contributed by atoms with E-state index in [1.807, 2.05) is 53.9 Å². The topological polar surface area (TPSA) is 78.2 Å². The Labute approximate surface area is 196 Å². The Morgan fingerprint density at radius 2 is 1.85 bits per heavy atom. The highest BCUT2D eigenvalue weighted by Crippen LogP contribution is 2.37. The summed E-state index contributed by atoms with van der Waals surface area (Å²) in [7, 11) is 4.65. The van der Waals surface area contributed by atoms with Crippen molar-refractivity contribution >= 4 is 28.6 Å². The fraction of sp³-hybridized carbons (Fsp3) is 0.360. The first-order chi connectivity index (χ1) is 16.0. The van der Waals surface area contributed by atoms with E-state index in [9.17, 15) is 9.59 Å². The molecule has 0 radical (unpaired) electrons. The van der Waals surface area contributed by atoms with Crippen molar-refractivity contribution in [1.29, 1.82) is 0 Å². The molecule has 0 bridgehead atoms. The first-order valence-corrected chi connectivity index (χ1v) is 11.8. The predicted octanol–water partition coefficient (Wildman–Crippen LogP) is 3.99. The first-order valence-electron chi connectivity index (χ1n) is 10.7. The summed E-state index contributed by atoms with van der Waals surface area (Å²) in [6, 6.07) is 11.3. The van der Waals surface area contributed by atoms with Gasteiger partial charge in [-0.3, -0.25) is 4.79 Å². The lowest BCUT2D eigenvalue weighted by Crippen LogP contribution is -2.42. The maximum atomic E-state index is 13.4. The second-order valence-electron chi connectivity index (χ2n) is 7.80. The highest BCUT2D eigenvalue weighted by Gasteiger charge is 2.30. The van der Waals surface area contributed by atoms with Gasteiger partial charge in [0.1, 0.15) is 5.75 Å². The minimum absolute atomic E-state index is 0.0181. The fourth-order valence-electron chi connectivity index (χ4n) is 4.23. The van der Waals surface area contributed by atoms with Crippen molar-refractivity contribution in [3.8, 4) is 17.2 Å². The van der Waals surface area contributed by atoms with Crippen molar-refractivity contribution in [2.24, 2.45) is 0 Å². The van der Waals surface area contributed by atoms with Gasteiger partial charge in [-0.2, -0.15) is 11.8 Å². The van der Waals surface area contributed by atoms with Crippen LogP contribution in [0, 0.1) is 6.92 Å². The van der Waals surface area contributed by atoms with Gasteiger partial charge in [-0.1, -0.05) is 12.1 Å². The lowest BCUT2D eigenvalue weighted by molar-refractivity contribution is -0.132. The molecule has 1 aliphatic rings. The number of amides is 1. The quantitative estimate of drug-likeness (QED) is 0.505. The Balaban J connectivity index is 1.66. The Morgan fingerprint density at radius 3 is 2.52 bits per heavy atom. The third kappa shape index (κ3) is 4.39. The highest BCUT2D eigenvalue weighted by atomic mass is 32.2. The van der Waals surface area contributed by atoms with Crippen molar-refractivity contribution in [2.45, 2.75) is 19.4 Å². The number of carbonyl (C=O) groups is 1. The molecular formula is C25H27NO6S. The van der Waals surface area contributed by atoms with E-state index in [0.29, 0.717) is 34.8 Å². The molecule has 8 heteroatoms. The number of carbonyl (C=O) groups excluding carboxylic acids is 1. The molecule has 1 aromatic heterocycles. The molecule has 174 valence electrons. The van der Waals surface area contributed by atoms with Crippen LogP contribution in [0.15, 0.2) is 45.6 Å². The van der Waals surface area contributed by atoms with Crippen LogP contribution in [-0.2, 0) is 11.2 Å². The number of hydrogen-bond donors (Lipinski definition) is 0. The van der Waals surface area contributed by atoms with Crippen LogP contribution in [0.4, 0.5) is 0 Å². The summed E-state index contributed by atoms with van der Waals surface area (Å²) in [6.07, 6.45) is -0.0181. The molecule has 0 saturated carbocycles. The summed E-state index contributed by atoms with van der Waals surface area (Å²) < 4.78 is 21.6. The van der Waals surface area contributed by atoms with Crippen LogP contribution in [0.1, 0.15) is 22.7 Å². The van der Waals surface area contributed by atoms with Crippen LogP contribution >= 0.6 is 11.8 Å². The van der Waals surface area contributed by atoms with Gasteiger partial charge < -0.3 is 23.5 Å². The highest BCUT2D eigenvalue weighted by molar-refractivity contribution is 7.99. The summed E-state index contributed by atoms with van der Waals surface area (Å²) in [5, 5.41) is 0.718. The number of thioether (sulfide) groups is 1. The smallest absolute Gasteiger partial charge is 0.340 e. The van der Waals surface area contributed by atoms with Gasteiger partial charge >= 0.3 is 5.63 Å². The van der Waals surface area contributed by atoms with Gasteiger partial charge in [-0.25, -0.2) is 4.79 Å². The molecule has 33 heavy (non-hydrogen) atoms. The van der Waals surface area contributed by atoms with Gasteiger partial charge in [-0.05, 0) is 42.3 Å². The molecule has 1 amide bonds. The lowest BCUT2D eigenvalue weighted by Gasteiger charge is -2.36. The average Bonchev–Trinajstić information content (AvgIpc) is 2.85. The van der Waals surface area contributed by atoms with Crippen molar-refractivity contribution in [3.05, 3.63) is 63.5 Å². The Bertz CT molecular complexity index is 1220. The number of fused-ring (bicyclic) bond motifs is 1. The number of nitrogens with zero attached hydrogens (tertiary/aromatic N) is 1. The molecule has 2 heterocycles. The van der Waals surface area contributed by atoms with Crippen LogP contribution in [0.25, 0.3) is 11.0 Å². The first kappa shape index (κ1) is 23.0. The van der Waals surface area contributed by atoms with E-state index in [1.165, 1.54) is 14.2 Å². The second kappa shape index (κ2) is 9.79. The van der Waals surface area contributed by atoms with Crippen LogP contribution in [0.3, 0.4) is 0 Å². The Kier molecular flexibility index (Phi) is 6.83. The summed E-state index contributed by atoms with van der Waals surface area (Å²) in [4.78, 5) is 28.2. The zero-order valence-electron chi connectivity index (χ0n) is 19.2. The van der Waals surface area contributed by atoms with Crippen LogP contribution in [0.2, 0.25) is 0 Å². The zero-order chi connectivity index (χ0) is 23.5. The van der Waals surface area contributed by atoms with E-state index in [4.69, 9.17) is 18.6 Å². The standard InChI is InChI=1S/C25H27NO6S/c1-15-18-9-10-21(30-3)24(31-4)23(18)32-25(28)19(15)13-22(27)26-11-12-33-14-20(26)16-5-7-17(29-2)8-6-16/h5-10,20H,11-14H2,1-4H3/t20-/m1/s1.